The summed E-state index contributed by atoms with van der Waals surface area (Å²) >= 11 is 0. The normalized spacial score (nSPS) is 16.5. The van der Waals surface area contributed by atoms with Gasteiger partial charge in [0.25, 0.3) is 0 Å². The van der Waals surface area contributed by atoms with Crippen molar-refractivity contribution < 1.29 is 9.53 Å². The number of hydrogen-bond donors (Lipinski definition) is 1. The Morgan fingerprint density at radius 3 is 2.80 bits per heavy atom. The molecule has 128 valence electrons. The lowest BCUT2D eigenvalue weighted by Crippen LogP contribution is -2.41. The van der Waals surface area contributed by atoms with Gasteiger partial charge in [-0.25, -0.2) is 9.78 Å². The third-order valence-electron chi connectivity index (χ3n) is 4.56. The molecule has 0 radical (unpaired) electrons. The van der Waals surface area contributed by atoms with Gasteiger partial charge in [-0.1, -0.05) is 24.3 Å². The van der Waals surface area contributed by atoms with Gasteiger partial charge in [-0.05, 0) is 55.5 Å². The number of amides is 2. The largest absolute Gasteiger partial charge is 0.488 e. The van der Waals surface area contributed by atoms with Gasteiger partial charge in [0.2, 0.25) is 0 Å². The van der Waals surface area contributed by atoms with E-state index in [-0.39, 0.29) is 6.03 Å². The van der Waals surface area contributed by atoms with Crippen molar-refractivity contribution in [2.45, 2.75) is 25.7 Å². The summed E-state index contributed by atoms with van der Waals surface area (Å²) in [5, 5.41) is 2.93. The first-order valence-electron chi connectivity index (χ1n) is 8.78. The predicted octanol–water partition coefficient (Wildman–Crippen LogP) is 4.47. The lowest BCUT2D eigenvalue weighted by Gasteiger charge is -2.29. The van der Waals surface area contributed by atoms with E-state index in [0.717, 1.165) is 24.2 Å². The van der Waals surface area contributed by atoms with Crippen LogP contribution in [-0.4, -0.2) is 24.2 Å². The molecule has 0 bridgehead atoms. The Bertz CT molecular complexity index is 802. The van der Waals surface area contributed by atoms with Gasteiger partial charge in [0, 0.05) is 5.69 Å². The van der Waals surface area contributed by atoms with Crippen LogP contribution in [0.3, 0.4) is 0 Å². The number of hydrogen-bond acceptors (Lipinski definition) is 3. The maximum Gasteiger partial charge on any atom is 0.327 e. The van der Waals surface area contributed by atoms with Crippen molar-refractivity contribution in [1.82, 2.24) is 4.98 Å². The van der Waals surface area contributed by atoms with Gasteiger partial charge >= 0.3 is 6.03 Å². The Kier molecular flexibility index (Phi) is 4.37. The number of anilines is 2. The average molecular weight is 335 g/mol. The number of rotatable bonds is 2. The molecule has 4 rings (SSSR count). The fourth-order valence-electron chi connectivity index (χ4n) is 3.25. The molecule has 0 fully saturated rings. The standard InChI is InChI=1S/C20H21N3O2/c24-20(21-16-9-5-2-6-10-16)23-13-14-25-18-12-11-17(22-19(18)23)15-7-3-1-4-8-15/h2,5-7,9-12H,1,3-4,8,13-14H2,(H,21,24). The molecule has 0 saturated carbocycles. The second-order valence-electron chi connectivity index (χ2n) is 6.29. The summed E-state index contributed by atoms with van der Waals surface area (Å²) in [6.45, 7) is 0.958. The summed E-state index contributed by atoms with van der Waals surface area (Å²) in [4.78, 5) is 19.1. The van der Waals surface area contributed by atoms with Crippen LogP contribution in [0.5, 0.6) is 5.75 Å². The summed E-state index contributed by atoms with van der Waals surface area (Å²) in [6, 6.07) is 13.2. The van der Waals surface area contributed by atoms with Crippen molar-refractivity contribution in [3.8, 4) is 5.75 Å². The number of para-hydroxylation sites is 1. The number of benzene rings is 1. The van der Waals surface area contributed by atoms with E-state index in [0.29, 0.717) is 24.7 Å². The zero-order valence-electron chi connectivity index (χ0n) is 14.1. The summed E-state index contributed by atoms with van der Waals surface area (Å²) in [6.07, 6.45) is 6.84. The van der Waals surface area contributed by atoms with Gasteiger partial charge in [-0.3, -0.25) is 4.90 Å². The first-order chi connectivity index (χ1) is 12.3. The molecule has 1 N–H and O–H groups in total. The minimum atomic E-state index is -0.182. The quantitative estimate of drug-likeness (QED) is 0.881. The van der Waals surface area contributed by atoms with Gasteiger partial charge in [0.1, 0.15) is 6.61 Å². The Morgan fingerprint density at radius 2 is 2.00 bits per heavy atom. The SMILES string of the molecule is O=C(Nc1ccccc1)N1CCOc2ccc(C3=CCCCC3)nc21. The van der Waals surface area contributed by atoms with E-state index in [1.165, 1.54) is 18.4 Å². The Balaban J connectivity index is 1.61. The number of allylic oxidation sites excluding steroid dienone is 2. The van der Waals surface area contributed by atoms with Gasteiger partial charge < -0.3 is 10.1 Å². The Labute approximate surface area is 147 Å². The lowest BCUT2D eigenvalue weighted by atomic mass is 9.97. The molecule has 0 saturated heterocycles. The van der Waals surface area contributed by atoms with Crippen LogP contribution in [-0.2, 0) is 0 Å². The van der Waals surface area contributed by atoms with Gasteiger partial charge in [-0.2, -0.15) is 0 Å². The number of fused-ring (bicyclic) bond motifs is 1. The maximum atomic E-state index is 12.7. The van der Waals surface area contributed by atoms with Crippen LogP contribution in [0.1, 0.15) is 31.4 Å². The lowest BCUT2D eigenvalue weighted by molar-refractivity contribution is 0.249. The van der Waals surface area contributed by atoms with E-state index >= 15 is 0 Å². The van der Waals surface area contributed by atoms with E-state index in [2.05, 4.69) is 11.4 Å². The van der Waals surface area contributed by atoms with Crippen molar-refractivity contribution in [3.05, 3.63) is 54.2 Å². The molecule has 0 atom stereocenters. The first kappa shape index (κ1) is 15.7. The highest BCUT2D eigenvalue weighted by molar-refractivity contribution is 6.02. The number of pyridine rings is 1. The number of ether oxygens (including phenoxy) is 1. The van der Waals surface area contributed by atoms with E-state index in [4.69, 9.17) is 9.72 Å². The number of carbonyl (C=O) groups excluding carboxylic acids is 1. The fraction of sp³-hybridized carbons (Fsp3) is 0.300. The van der Waals surface area contributed by atoms with E-state index in [1.807, 2.05) is 42.5 Å². The van der Waals surface area contributed by atoms with Crippen LogP contribution >= 0.6 is 0 Å². The Hall–Kier alpha value is -2.82. The molecule has 1 aromatic heterocycles. The third kappa shape index (κ3) is 3.36. The summed E-state index contributed by atoms with van der Waals surface area (Å²) in [7, 11) is 0. The molecule has 2 amide bonds. The average Bonchev–Trinajstić information content (AvgIpc) is 2.68. The number of carbonyl (C=O) groups is 1. The van der Waals surface area contributed by atoms with Crippen molar-refractivity contribution in [2.24, 2.45) is 0 Å². The second kappa shape index (κ2) is 6.97. The van der Waals surface area contributed by atoms with Crippen LogP contribution in [0.4, 0.5) is 16.3 Å². The zero-order valence-corrected chi connectivity index (χ0v) is 14.1. The molecule has 1 aliphatic heterocycles. The molecule has 1 aliphatic carbocycles. The molecule has 2 aliphatic rings. The van der Waals surface area contributed by atoms with Gasteiger partial charge in [0.15, 0.2) is 11.6 Å². The minimum Gasteiger partial charge on any atom is -0.488 e. The summed E-state index contributed by atoms with van der Waals surface area (Å²) in [5.41, 5.74) is 2.98. The highest BCUT2D eigenvalue weighted by atomic mass is 16.5. The zero-order chi connectivity index (χ0) is 17.1. The van der Waals surface area contributed by atoms with Crippen molar-refractivity contribution in [3.63, 3.8) is 0 Å². The van der Waals surface area contributed by atoms with Crippen LogP contribution < -0.4 is 15.0 Å². The van der Waals surface area contributed by atoms with E-state index in [1.54, 1.807) is 4.90 Å². The third-order valence-corrected chi connectivity index (χ3v) is 4.56. The van der Waals surface area contributed by atoms with E-state index in [9.17, 15) is 4.79 Å². The van der Waals surface area contributed by atoms with Crippen molar-refractivity contribution in [1.29, 1.82) is 0 Å². The summed E-state index contributed by atoms with van der Waals surface area (Å²) in [5.74, 6) is 1.26. The molecule has 2 aromatic rings. The maximum absolute atomic E-state index is 12.7. The molecule has 5 nitrogen and oxygen atoms in total. The van der Waals surface area contributed by atoms with Crippen molar-refractivity contribution in [2.75, 3.05) is 23.4 Å². The number of nitrogens with zero attached hydrogens (tertiary/aromatic N) is 2. The summed E-state index contributed by atoms with van der Waals surface area (Å²) < 4.78 is 5.69. The van der Waals surface area contributed by atoms with Gasteiger partial charge in [0.05, 0.1) is 12.2 Å². The highest BCUT2D eigenvalue weighted by Crippen LogP contribution is 2.34. The number of nitrogens with one attached hydrogen (secondary N) is 1. The topological polar surface area (TPSA) is 54.5 Å². The predicted molar refractivity (Wildman–Crippen MR) is 99.0 cm³/mol. The number of urea groups is 1. The number of aromatic nitrogens is 1. The van der Waals surface area contributed by atoms with Crippen LogP contribution in [0.2, 0.25) is 0 Å². The highest BCUT2D eigenvalue weighted by Gasteiger charge is 2.26. The fourth-order valence-corrected chi connectivity index (χ4v) is 3.25. The molecule has 1 aromatic carbocycles. The molecule has 5 heteroatoms. The molecule has 0 spiro atoms. The smallest absolute Gasteiger partial charge is 0.327 e. The monoisotopic (exact) mass is 335 g/mol. The molecular formula is C20H21N3O2. The minimum absolute atomic E-state index is 0.182. The molecular weight excluding hydrogens is 314 g/mol. The molecule has 0 unspecified atom stereocenters. The van der Waals surface area contributed by atoms with Crippen LogP contribution in [0, 0.1) is 0 Å². The Morgan fingerprint density at radius 1 is 1.12 bits per heavy atom. The molecule has 25 heavy (non-hydrogen) atoms. The van der Waals surface area contributed by atoms with Gasteiger partial charge in [-0.15, -0.1) is 0 Å². The first-order valence-corrected chi connectivity index (χ1v) is 8.78. The van der Waals surface area contributed by atoms with Crippen LogP contribution in [0.25, 0.3) is 5.57 Å². The van der Waals surface area contributed by atoms with Crippen molar-refractivity contribution >= 4 is 23.1 Å². The molecule has 2 heterocycles. The van der Waals surface area contributed by atoms with Crippen LogP contribution in [0.15, 0.2) is 48.5 Å². The van der Waals surface area contributed by atoms with E-state index < -0.39 is 0 Å². The second-order valence-corrected chi connectivity index (χ2v) is 6.29.